The number of thiophene rings is 1. The Morgan fingerprint density at radius 1 is 1.08 bits per heavy atom. The molecule has 198 valence electrons. The van der Waals surface area contributed by atoms with Crippen molar-refractivity contribution < 1.29 is 37.8 Å². The lowest BCUT2D eigenvalue weighted by Crippen LogP contribution is -2.33. The predicted octanol–water partition coefficient (Wildman–Crippen LogP) is 3.71. The number of nitrogens with one attached hydrogen (secondary N) is 2. The molecule has 3 aromatic rings. The van der Waals surface area contributed by atoms with Crippen LogP contribution < -0.4 is 20.2 Å². The summed E-state index contributed by atoms with van der Waals surface area (Å²) < 4.78 is 20.8. The second-order valence-corrected chi connectivity index (χ2v) is 9.21. The Labute approximate surface area is 221 Å². The van der Waals surface area contributed by atoms with Crippen molar-refractivity contribution >= 4 is 45.8 Å². The topological polar surface area (TPSA) is 146 Å². The lowest BCUT2D eigenvalue weighted by Gasteiger charge is -2.10. The highest BCUT2D eigenvalue weighted by Crippen LogP contribution is 2.39. The molecule has 2 N–H and O–H groups in total. The smallest absolute Gasteiger partial charge is 0.379 e. The largest absolute Gasteiger partial charge is 0.493 e. The monoisotopic (exact) mass is 539 g/mol. The van der Waals surface area contributed by atoms with Crippen molar-refractivity contribution in [3.63, 3.8) is 0 Å². The number of aryl methyl sites for hydroxylation is 1. The summed E-state index contributed by atoms with van der Waals surface area (Å²) in [5.74, 6) is -2.74. The van der Waals surface area contributed by atoms with Crippen molar-refractivity contribution in [3.05, 3.63) is 63.9 Å². The Morgan fingerprint density at radius 3 is 2.61 bits per heavy atom. The number of furan rings is 1. The maximum absolute atomic E-state index is 12.6. The summed E-state index contributed by atoms with van der Waals surface area (Å²) >= 11 is 1.27. The van der Waals surface area contributed by atoms with Gasteiger partial charge < -0.3 is 23.9 Å². The van der Waals surface area contributed by atoms with Crippen molar-refractivity contribution in [3.8, 4) is 11.5 Å². The zero-order valence-electron chi connectivity index (χ0n) is 20.9. The minimum Gasteiger partial charge on any atom is -0.493 e. The summed E-state index contributed by atoms with van der Waals surface area (Å²) in [6.07, 6.45) is 3.81. The zero-order chi connectivity index (χ0) is 27.2. The third kappa shape index (κ3) is 5.75. The van der Waals surface area contributed by atoms with Gasteiger partial charge in [0.1, 0.15) is 5.00 Å². The Hall–Kier alpha value is -4.45. The molecule has 0 atom stereocenters. The van der Waals surface area contributed by atoms with Crippen LogP contribution in [0, 0.1) is 0 Å². The number of benzene rings is 1. The highest BCUT2D eigenvalue weighted by Gasteiger charge is 2.29. The highest BCUT2D eigenvalue weighted by molar-refractivity contribution is 7.17. The van der Waals surface area contributed by atoms with Gasteiger partial charge in [0, 0.05) is 10.4 Å². The first-order valence-electron chi connectivity index (χ1n) is 11.7. The van der Waals surface area contributed by atoms with Crippen LogP contribution in [0.5, 0.6) is 11.5 Å². The van der Waals surface area contributed by atoms with Crippen LogP contribution in [0.4, 0.5) is 5.00 Å². The van der Waals surface area contributed by atoms with Crippen molar-refractivity contribution in [1.29, 1.82) is 0 Å². The number of esters is 2. The number of carbonyl (C=O) groups excluding carboxylic acids is 4. The van der Waals surface area contributed by atoms with E-state index in [0.717, 1.165) is 29.7 Å². The molecule has 2 heterocycles. The van der Waals surface area contributed by atoms with Crippen LogP contribution in [-0.2, 0) is 27.2 Å². The number of hydrogen-bond donors (Lipinski definition) is 2. The van der Waals surface area contributed by atoms with Gasteiger partial charge >= 0.3 is 23.8 Å². The van der Waals surface area contributed by atoms with Crippen LogP contribution in [0.25, 0.3) is 0 Å². The van der Waals surface area contributed by atoms with Gasteiger partial charge in [0.15, 0.2) is 11.5 Å². The van der Waals surface area contributed by atoms with E-state index in [4.69, 9.17) is 18.6 Å². The fourth-order valence-corrected chi connectivity index (χ4v) is 5.12. The Morgan fingerprint density at radius 2 is 1.89 bits per heavy atom. The van der Waals surface area contributed by atoms with Crippen molar-refractivity contribution in [2.75, 3.05) is 19.0 Å². The van der Waals surface area contributed by atoms with Crippen LogP contribution in [0.1, 0.15) is 57.2 Å². The quantitative estimate of drug-likeness (QED) is 0.145. The van der Waals surface area contributed by atoms with Crippen molar-refractivity contribution in [2.45, 2.75) is 33.1 Å². The number of anilines is 1. The minimum absolute atomic E-state index is 0.0383. The van der Waals surface area contributed by atoms with E-state index >= 15 is 0 Å². The van der Waals surface area contributed by atoms with Gasteiger partial charge in [-0.3, -0.25) is 9.59 Å². The molecule has 2 amide bonds. The number of ether oxygens (including phenoxy) is 3. The average Bonchev–Trinajstić information content (AvgIpc) is 3.65. The maximum Gasteiger partial charge on any atom is 0.379 e. The van der Waals surface area contributed by atoms with Gasteiger partial charge in [-0.1, -0.05) is 0 Å². The molecule has 1 aliphatic rings. The highest BCUT2D eigenvalue weighted by atomic mass is 32.1. The molecule has 4 rings (SSSR count). The second kappa shape index (κ2) is 11.7. The van der Waals surface area contributed by atoms with Crippen LogP contribution in [0.15, 0.2) is 46.1 Å². The molecule has 0 saturated heterocycles. The summed E-state index contributed by atoms with van der Waals surface area (Å²) in [4.78, 5) is 50.6. The SMILES string of the molecule is CCOC(=O)c1c(NC(=O)C(=O)N/N=C(\C)c2ccc(OC(=O)c3ccco3)c(OC)c2)sc2c1CCC2. The van der Waals surface area contributed by atoms with E-state index in [0.29, 0.717) is 21.8 Å². The lowest BCUT2D eigenvalue weighted by molar-refractivity contribution is -0.136. The third-order valence-electron chi connectivity index (χ3n) is 5.67. The molecule has 0 radical (unpaired) electrons. The molecule has 0 unspecified atom stereocenters. The number of hydrogen-bond acceptors (Lipinski definition) is 10. The standard InChI is InChI=1S/C26H25N3O8S/c1-4-35-26(33)21-16-7-5-9-20(16)38-24(21)27-22(30)23(31)29-28-14(2)15-10-11-17(19(13-15)34-3)37-25(32)18-8-6-12-36-18/h6,8,10-13H,4-5,7,9H2,1-3H3,(H,27,30)(H,29,31)/b28-14+. The zero-order valence-corrected chi connectivity index (χ0v) is 21.7. The average molecular weight is 540 g/mol. The van der Waals surface area contributed by atoms with E-state index in [1.807, 2.05) is 0 Å². The van der Waals surface area contributed by atoms with Gasteiger partial charge in [-0.2, -0.15) is 5.10 Å². The first kappa shape index (κ1) is 26.6. The fraction of sp³-hybridized carbons (Fsp3) is 0.269. The van der Waals surface area contributed by atoms with Gasteiger partial charge in [-0.25, -0.2) is 15.0 Å². The molecule has 12 heteroatoms. The molecule has 1 aliphatic carbocycles. The second-order valence-electron chi connectivity index (χ2n) is 8.11. The predicted molar refractivity (Wildman–Crippen MR) is 138 cm³/mol. The third-order valence-corrected chi connectivity index (χ3v) is 6.87. The molecule has 0 saturated carbocycles. The summed E-state index contributed by atoms with van der Waals surface area (Å²) in [5.41, 5.74) is 4.29. The van der Waals surface area contributed by atoms with Crippen molar-refractivity contribution in [2.24, 2.45) is 5.10 Å². The molecular formula is C26H25N3O8S. The Kier molecular flexibility index (Phi) is 8.22. The normalized spacial score (nSPS) is 12.4. The Balaban J connectivity index is 1.42. The van der Waals surface area contributed by atoms with E-state index in [9.17, 15) is 19.2 Å². The van der Waals surface area contributed by atoms with E-state index in [1.54, 1.807) is 32.0 Å². The summed E-state index contributed by atoms with van der Waals surface area (Å²) in [6.45, 7) is 3.51. The van der Waals surface area contributed by atoms with Crippen LogP contribution >= 0.6 is 11.3 Å². The lowest BCUT2D eigenvalue weighted by atomic mass is 10.1. The van der Waals surface area contributed by atoms with Crippen LogP contribution in [-0.4, -0.2) is 43.2 Å². The van der Waals surface area contributed by atoms with E-state index in [-0.39, 0.29) is 23.9 Å². The molecule has 1 aromatic carbocycles. The number of carbonyl (C=O) groups is 4. The summed E-state index contributed by atoms with van der Waals surface area (Å²) in [5, 5.41) is 6.80. The van der Waals surface area contributed by atoms with Gasteiger partial charge in [-0.15, -0.1) is 11.3 Å². The van der Waals surface area contributed by atoms with Gasteiger partial charge in [-0.05, 0) is 69.0 Å². The van der Waals surface area contributed by atoms with Crippen molar-refractivity contribution in [1.82, 2.24) is 5.43 Å². The summed E-state index contributed by atoms with van der Waals surface area (Å²) in [7, 11) is 1.41. The van der Waals surface area contributed by atoms with Crippen LogP contribution in [0.2, 0.25) is 0 Å². The molecule has 0 spiro atoms. The molecule has 2 aromatic heterocycles. The molecule has 11 nitrogen and oxygen atoms in total. The molecule has 0 bridgehead atoms. The van der Waals surface area contributed by atoms with E-state index in [2.05, 4.69) is 15.8 Å². The van der Waals surface area contributed by atoms with Crippen LogP contribution in [0.3, 0.4) is 0 Å². The fourth-order valence-electron chi connectivity index (χ4n) is 3.84. The minimum atomic E-state index is -1.01. The number of methoxy groups -OCH3 is 1. The first-order chi connectivity index (χ1) is 18.3. The van der Waals surface area contributed by atoms with Gasteiger partial charge in [0.25, 0.3) is 0 Å². The molecule has 0 fully saturated rings. The number of nitrogens with zero attached hydrogens (tertiary/aromatic N) is 1. The van der Waals surface area contributed by atoms with Gasteiger partial charge in [0.2, 0.25) is 5.76 Å². The number of amides is 2. The first-order valence-corrected chi connectivity index (χ1v) is 12.5. The molecular weight excluding hydrogens is 514 g/mol. The summed E-state index contributed by atoms with van der Waals surface area (Å²) in [6, 6.07) is 7.72. The number of fused-ring (bicyclic) bond motifs is 1. The van der Waals surface area contributed by atoms with Gasteiger partial charge in [0.05, 0.1) is 31.3 Å². The van der Waals surface area contributed by atoms with E-state index in [1.165, 1.54) is 36.8 Å². The van der Waals surface area contributed by atoms with E-state index < -0.39 is 23.8 Å². The maximum atomic E-state index is 12.6. The molecule has 38 heavy (non-hydrogen) atoms. The Bertz CT molecular complexity index is 1410. The molecule has 0 aliphatic heterocycles. The number of rotatable bonds is 8. The number of hydrazone groups is 1.